The minimum Gasteiger partial charge on any atom is -0.477 e. The number of quaternary nitrogens is 1. The summed E-state index contributed by atoms with van der Waals surface area (Å²) in [5.74, 6) is -6.68. The number of esters is 1. The monoisotopic (exact) mass is 875 g/mol. The fraction of sp³-hybridized carbons (Fsp3) is 0.705. The average molecular weight is 876 g/mol. The maximum Gasteiger partial charge on any atom is 0.343 e. The number of hydrogen-bond donors (Lipinski definition) is 10. The van der Waals surface area contributed by atoms with Crippen molar-refractivity contribution in [1.82, 2.24) is 5.32 Å². The van der Waals surface area contributed by atoms with Crippen LogP contribution in [0.3, 0.4) is 0 Å². The Hall–Kier alpha value is -3.69. The van der Waals surface area contributed by atoms with E-state index < -0.39 is 73.2 Å². The Kier molecular flexibility index (Phi) is 15.7. The lowest BCUT2D eigenvalue weighted by molar-refractivity contribution is -0.843. The molecule has 10 unspecified atom stereocenters. The molecule has 0 amide bonds. The summed E-state index contributed by atoms with van der Waals surface area (Å²) in [6.07, 6.45) is 9.98. The Bertz CT molecular complexity index is 1770. The molecule has 3 aliphatic heterocycles. The lowest BCUT2D eigenvalue weighted by atomic mass is 9.77. The number of carboxylic acid groups (broad SMARTS) is 1. The van der Waals surface area contributed by atoms with E-state index in [1.165, 1.54) is 50.6 Å². The third kappa shape index (κ3) is 10.6. The van der Waals surface area contributed by atoms with Crippen molar-refractivity contribution in [2.75, 3.05) is 39.5 Å². The first-order chi connectivity index (χ1) is 29.6. The fourth-order valence-electron chi connectivity index (χ4n) is 10.4. The SMILES string of the molecule is C=CC1C(OC2OC(CO)C(O)C(O)(O)C2OC(C)C)OC=C(C(=O)OC2CCC3(CCC4(CCCC4)C3)C2)C1C=CC1=C(NC(N)=NCCCO)C(C(=O)O)=C[NH+](CCO)C1. The highest BCUT2D eigenvalue weighted by molar-refractivity contribution is 5.94. The van der Waals surface area contributed by atoms with Gasteiger partial charge in [-0.25, -0.2) is 9.59 Å². The summed E-state index contributed by atoms with van der Waals surface area (Å²) in [6, 6.07) is 0. The molecule has 2 spiro atoms. The Morgan fingerprint density at radius 1 is 1.10 bits per heavy atom. The van der Waals surface area contributed by atoms with Crippen LogP contribution < -0.4 is 16.0 Å². The van der Waals surface area contributed by atoms with E-state index in [0.29, 0.717) is 22.3 Å². The maximum absolute atomic E-state index is 14.4. The third-order valence-corrected chi connectivity index (χ3v) is 13.5. The summed E-state index contributed by atoms with van der Waals surface area (Å²) >= 11 is 0. The number of hydrogen-bond acceptors (Lipinski definition) is 14. The molecule has 18 nitrogen and oxygen atoms in total. The Morgan fingerprint density at radius 3 is 2.50 bits per heavy atom. The number of nitrogens with two attached hydrogens (primary N) is 1. The van der Waals surface area contributed by atoms with Crippen LogP contribution in [0.1, 0.15) is 84.5 Å². The van der Waals surface area contributed by atoms with E-state index in [1.807, 2.05) is 0 Å². The molecule has 0 aromatic heterocycles. The number of carbonyl (C=O) groups is 2. The lowest BCUT2D eigenvalue weighted by Crippen LogP contribution is -3.09. The Labute approximate surface area is 362 Å². The Morgan fingerprint density at radius 2 is 1.84 bits per heavy atom. The highest BCUT2D eigenvalue weighted by Gasteiger charge is 2.58. The number of guanidine groups is 1. The van der Waals surface area contributed by atoms with Crippen molar-refractivity contribution in [1.29, 1.82) is 0 Å². The van der Waals surface area contributed by atoms with Gasteiger partial charge in [0.2, 0.25) is 12.1 Å². The van der Waals surface area contributed by atoms with Gasteiger partial charge in [0.15, 0.2) is 18.4 Å². The molecular formula is C44H67N4O14+. The molecule has 346 valence electrons. The van der Waals surface area contributed by atoms with Crippen molar-refractivity contribution in [3.8, 4) is 0 Å². The zero-order valence-electron chi connectivity index (χ0n) is 35.8. The summed E-state index contributed by atoms with van der Waals surface area (Å²) in [5.41, 5.74) is 7.31. The molecule has 4 fully saturated rings. The molecule has 3 aliphatic carbocycles. The smallest absolute Gasteiger partial charge is 0.343 e. The molecule has 18 heteroatoms. The minimum atomic E-state index is -2.92. The van der Waals surface area contributed by atoms with Crippen molar-refractivity contribution in [3.63, 3.8) is 0 Å². The molecule has 11 N–H and O–H groups in total. The third-order valence-electron chi connectivity index (χ3n) is 13.5. The first-order valence-corrected chi connectivity index (χ1v) is 22.0. The van der Waals surface area contributed by atoms with E-state index >= 15 is 0 Å². The quantitative estimate of drug-likeness (QED) is 0.0230. The molecule has 0 radical (unpaired) electrons. The normalized spacial score (nSPS) is 34.5. The number of rotatable bonds is 17. The number of aliphatic hydroxyl groups excluding tert-OH is 4. The number of allylic oxidation sites excluding steroid dienone is 1. The number of nitrogens with zero attached hydrogens (tertiary/aromatic N) is 1. The highest BCUT2D eigenvalue weighted by Crippen LogP contribution is 2.63. The standard InChI is InChI=1S/C44H66N4O14/c1-4-29-30(9-8-27-21-48(17-19-50)22-31(37(53)54)34(27)47-41(45)46-16-7-18-49)32(38(55)60-28-10-13-43(20-28)15-14-42(25-43)11-5-6-12-42)24-58-39(29)62-40-36(59-26(2)3)44(56,57)35(52)33(23-51)61-40/h4,8-9,22,24,26,28-30,33,35-36,39-40,49-52,56-57H,1,5-7,10-21,23,25H2,2-3H3,(H,53,54)(H3,45,46,47)/p+1. The predicted molar refractivity (Wildman–Crippen MR) is 222 cm³/mol. The van der Waals surface area contributed by atoms with Gasteiger partial charge in [0, 0.05) is 24.6 Å². The van der Waals surface area contributed by atoms with Crippen molar-refractivity contribution in [2.24, 2.45) is 33.4 Å². The molecule has 62 heavy (non-hydrogen) atoms. The van der Waals surface area contributed by atoms with Crippen LogP contribution in [-0.4, -0.2) is 142 Å². The number of nitrogens with one attached hydrogen (secondary N) is 2. The molecule has 3 heterocycles. The van der Waals surface area contributed by atoms with Crippen LogP contribution in [0.25, 0.3) is 0 Å². The van der Waals surface area contributed by atoms with Gasteiger partial charge in [-0.1, -0.05) is 31.1 Å². The largest absolute Gasteiger partial charge is 0.477 e. The summed E-state index contributed by atoms with van der Waals surface area (Å²) in [7, 11) is 0. The van der Waals surface area contributed by atoms with Gasteiger partial charge in [-0.05, 0) is 82.5 Å². The number of carbonyl (C=O) groups excluding carboxylic acids is 1. The maximum atomic E-state index is 14.4. The first-order valence-electron chi connectivity index (χ1n) is 22.0. The van der Waals surface area contributed by atoms with Gasteiger partial charge >= 0.3 is 11.9 Å². The fourth-order valence-corrected chi connectivity index (χ4v) is 10.4. The van der Waals surface area contributed by atoms with Crippen LogP contribution >= 0.6 is 0 Å². The lowest BCUT2D eigenvalue weighted by Gasteiger charge is -2.48. The number of carboxylic acids is 1. The molecular weight excluding hydrogens is 808 g/mol. The topological polar surface area (TPSA) is 277 Å². The summed E-state index contributed by atoms with van der Waals surface area (Å²) in [4.78, 5) is 31.9. The van der Waals surface area contributed by atoms with E-state index in [4.69, 9.17) is 29.4 Å². The second-order valence-corrected chi connectivity index (χ2v) is 18.2. The average Bonchev–Trinajstić information content (AvgIpc) is 3.96. The van der Waals surface area contributed by atoms with Gasteiger partial charge in [0.25, 0.3) is 0 Å². The zero-order chi connectivity index (χ0) is 44.8. The van der Waals surface area contributed by atoms with Gasteiger partial charge in [0.05, 0.1) is 42.8 Å². The van der Waals surface area contributed by atoms with Crippen molar-refractivity contribution < 1.29 is 73.9 Å². The summed E-state index contributed by atoms with van der Waals surface area (Å²) in [5, 5.41) is 75.1. The van der Waals surface area contributed by atoms with E-state index in [2.05, 4.69) is 16.9 Å². The molecule has 0 bridgehead atoms. The van der Waals surface area contributed by atoms with Crippen LogP contribution in [-0.2, 0) is 33.3 Å². The van der Waals surface area contributed by atoms with Gasteiger partial charge in [-0.15, -0.1) is 6.58 Å². The van der Waals surface area contributed by atoms with Gasteiger partial charge in [-0.2, -0.15) is 0 Å². The van der Waals surface area contributed by atoms with Crippen molar-refractivity contribution >= 4 is 17.9 Å². The van der Waals surface area contributed by atoms with E-state index in [-0.39, 0.29) is 67.2 Å². The first kappa shape index (κ1) is 47.8. The predicted octanol–water partition coefficient (Wildman–Crippen LogP) is -0.00310. The molecule has 0 aromatic carbocycles. The number of aliphatic imine (C=N–C) groups is 1. The van der Waals surface area contributed by atoms with Crippen LogP contribution in [0.4, 0.5) is 0 Å². The molecule has 1 saturated heterocycles. The zero-order valence-corrected chi connectivity index (χ0v) is 35.8. The van der Waals surface area contributed by atoms with Crippen LogP contribution in [0.2, 0.25) is 0 Å². The molecule has 3 saturated carbocycles. The molecule has 6 rings (SSSR count). The van der Waals surface area contributed by atoms with Crippen LogP contribution in [0.15, 0.2) is 64.7 Å². The molecule has 10 atom stereocenters. The molecule has 0 aromatic rings. The highest BCUT2D eigenvalue weighted by atomic mass is 16.8. The minimum absolute atomic E-state index is 0.0824. The Balaban J connectivity index is 1.34. The van der Waals surface area contributed by atoms with Crippen LogP contribution in [0.5, 0.6) is 0 Å². The van der Waals surface area contributed by atoms with Crippen molar-refractivity contribution in [2.45, 2.75) is 133 Å². The summed E-state index contributed by atoms with van der Waals surface area (Å²) in [6.45, 7) is 6.75. The van der Waals surface area contributed by atoms with Crippen molar-refractivity contribution in [3.05, 3.63) is 59.7 Å². The molecule has 6 aliphatic rings. The second-order valence-electron chi connectivity index (χ2n) is 18.2. The summed E-state index contributed by atoms with van der Waals surface area (Å²) < 4.78 is 30.3. The van der Waals surface area contributed by atoms with Gasteiger partial charge in [0.1, 0.15) is 43.2 Å². The number of ether oxygens (including phenoxy) is 5. The van der Waals surface area contributed by atoms with Gasteiger partial charge < -0.3 is 75.4 Å². The van der Waals surface area contributed by atoms with E-state index in [0.717, 1.165) is 32.1 Å². The second kappa shape index (κ2) is 20.4. The van der Waals surface area contributed by atoms with Gasteiger partial charge in [-0.3, -0.25) is 4.99 Å². The number of aliphatic carboxylic acids is 1. The van der Waals surface area contributed by atoms with E-state index in [9.17, 15) is 45.3 Å². The van der Waals surface area contributed by atoms with E-state index in [1.54, 1.807) is 26.0 Å². The van der Waals surface area contributed by atoms with Crippen LogP contribution in [0, 0.1) is 22.7 Å². The number of aliphatic hydroxyl groups is 6.